The highest BCUT2D eigenvalue weighted by atomic mass is 16.7. The third-order valence-corrected chi connectivity index (χ3v) is 8.46. The highest BCUT2D eigenvalue weighted by molar-refractivity contribution is 6.01. The van der Waals surface area contributed by atoms with E-state index in [0.29, 0.717) is 35.6 Å². The Morgan fingerprint density at radius 3 is 2.57 bits per heavy atom. The molecule has 3 aromatic rings. The first-order valence-corrected chi connectivity index (χ1v) is 14.8. The van der Waals surface area contributed by atoms with E-state index >= 15 is 0 Å². The number of aryl methyl sites for hydroxylation is 1. The summed E-state index contributed by atoms with van der Waals surface area (Å²) in [6, 6.07) is 8.37. The molecule has 5 rings (SSSR count). The van der Waals surface area contributed by atoms with Crippen LogP contribution in [0.25, 0.3) is 11.0 Å². The van der Waals surface area contributed by atoms with Crippen molar-refractivity contribution in [2.45, 2.75) is 57.3 Å². The number of hydrogen-bond acceptors (Lipinski definition) is 13. The van der Waals surface area contributed by atoms with Crippen LogP contribution in [0.2, 0.25) is 0 Å². The average molecular weight is 652 g/mol. The largest absolute Gasteiger partial charge is 0.460 e. The summed E-state index contributed by atoms with van der Waals surface area (Å²) < 4.78 is 12.7. The Hall–Kier alpha value is -4.91. The second-order valence-corrected chi connectivity index (χ2v) is 11.5. The van der Waals surface area contributed by atoms with Gasteiger partial charge >= 0.3 is 12.2 Å². The molecular weight excluding hydrogens is 614 g/mol. The maximum atomic E-state index is 13.9. The standard InChI is InChI=1S/C30H37N7O7.CO2/c1-17-5-6-23(44-29-26(41)25(40)22(38)15-43-29)20(13-17)35(4)30(42)37-12-9-19-27(32-16-33-28(19)37)34(3)21-14-36(11-8-18(21)2)24(39)7-10-31;2-1-3/h5-6,9,12-13,16,18,21-22,25-26,29,38,40-41H,7-8,11,14-15H2,1-4H3;/t18-,21?,22-,25+,26-,29+;/m1./s1. The molecule has 0 bridgehead atoms. The van der Waals surface area contributed by atoms with Gasteiger partial charge in [0.1, 0.15) is 42.6 Å². The van der Waals surface area contributed by atoms with Gasteiger partial charge in [-0.3, -0.25) is 14.3 Å². The Balaban J connectivity index is 0.00000160. The molecule has 16 heteroatoms. The zero-order chi connectivity index (χ0) is 34.4. The molecule has 0 aliphatic carbocycles. The molecule has 4 heterocycles. The first kappa shape index (κ1) is 35.0. The molecule has 6 atom stereocenters. The fourth-order valence-corrected chi connectivity index (χ4v) is 5.75. The molecule has 2 fully saturated rings. The average Bonchev–Trinajstić information content (AvgIpc) is 3.50. The second-order valence-electron chi connectivity index (χ2n) is 11.5. The van der Waals surface area contributed by atoms with E-state index in [1.807, 2.05) is 24.9 Å². The number of likely N-dealkylation sites (tertiary alicyclic amines) is 1. The van der Waals surface area contributed by atoms with Crippen LogP contribution in [-0.4, -0.2) is 117 Å². The third kappa shape index (κ3) is 7.40. The minimum atomic E-state index is -1.50. The number of nitriles is 1. The van der Waals surface area contributed by atoms with Crippen LogP contribution in [0.3, 0.4) is 0 Å². The monoisotopic (exact) mass is 651 g/mol. The number of aliphatic hydroxyl groups is 3. The fraction of sp³-hybridized carbons (Fsp3) is 0.484. The van der Waals surface area contributed by atoms with Crippen molar-refractivity contribution in [2.24, 2.45) is 5.92 Å². The molecule has 2 saturated heterocycles. The molecule has 0 spiro atoms. The number of piperidine rings is 1. The zero-order valence-electron chi connectivity index (χ0n) is 26.4. The van der Waals surface area contributed by atoms with E-state index in [9.17, 15) is 24.9 Å². The zero-order valence-corrected chi connectivity index (χ0v) is 26.4. The van der Waals surface area contributed by atoms with Gasteiger partial charge in [-0.1, -0.05) is 13.0 Å². The quantitative estimate of drug-likeness (QED) is 0.335. The minimum absolute atomic E-state index is 0.0600. The summed E-state index contributed by atoms with van der Waals surface area (Å²) in [6.07, 6.45) is -1.56. The molecular formula is C31H37N7O9. The molecule has 3 N–H and O–H groups in total. The number of hydrogen-bond donors (Lipinski definition) is 3. The van der Waals surface area contributed by atoms with E-state index in [1.54, 1.807) is 42.4 Å². The van der Waals surface area contributed by atoms with E-state index in [2.05, 4.69) is 16.9 Å². The summed E-state index contributed by atoms with van der Waals surface area (Å²) in [6.45, 7) is 4.81. The Labute approximate surface area is 270 Å². The van der Waals surface area contributed by atoms with E-state index < -0.39 is 30.6 Å². The van der Waals surface area contributed by atoms with E-state index in [0.717, 1.165) is 12.0 Å². The number of fused-ring (bicyclic) bond motifs is 1. The summed E-state index contributed by atoms with van der Waals surface area (Å²) in [4.78, 5) is 56.6. The lowest BCUT2D eigenvalue weighted by Gasteiger charge is -2.42. The molecule has 2 aromatic heterocycles. The number of rotatable bonds is 6. The van der Waals surface area contributed by atoms with Crippen LogP contribution < -0.4 is 14.5 Å². The summed E-state index contributed by atoms with van der Waals surface area (Å²) in [5.41, 5.74) is 1.62. The predicted octanol–water partition coefficient (Wildman–Crippen LogP) is 0.665. The Bertz CT molecular complexity index is 1670. The topological polar surface area (TPSA) is 212 Å². The molecule has 0 saturated carbocycles. The molecule has 2 amide bonds. The van der Waals surface area contributed by atoms with Gasteiger partial charge in [-0.25, -0.2) is 14.8 Å². The summed E-state index contributed by atoms with van der Waals surface area (Å²) in [7, 11) is 3.48. The van der Waals surface area contributed by atoms with Gasteiger partial charge in [0, 0.05) is 33.4 Å². The van der Waals surface area contributed by atoms with Gasteiger partial charge in [-0.2, -0.15) is 14.9 Å². The Morgan fingerprint density at radius 2 is 1.87 bits per heavy atom. The minimum Gasteiger partial charge on any atom is -0.460 e. The first-order chi connectivity index (χ1) is 22.4. The number of carbonyl (C=O) groups is 2. The summed E-state index contributed by atoms with van der Waals surface area (Å²) in [5, 5.41) is 39.9. The number of likely N-dealkylation sites (N-methyl/N-ethyl adjacent to an activating group) is 1. The third-order valence-electron chi connectivity index (χ3n) is 8.46. The molecule has 16 nitrogen and oxygen atoms in total. The fourth-order valence-electron chi connectivity index (χ4n) is 5.75. The Morgan fingerprint density at radius 1 is 1.15 bits per heavy atom. The van der Waals surface area contributed by atoms with Crippen molar-refractivity contribution in [3.63, 3.8) is 0 Å². The molecule has 1 aromatic carbocycles. The number of aliphatic hydroxyl groups excluding tert-OH is 3. The van der Waals surface area contributed by atoms with Crippen molar-refractivity contribution >= 4 is 40.6 Å². The molecule has 250 valence electrons. The number of aromatic nitrogens is 3. The number of anilines is 2. The maximum absolute atomic E-state index is 13.9. The van der Waals surface area contributed by atoms with Gasteiger partial charge in [-0.15, -0.1) is 0 Å². The first-order valence-electron chi connectivity index (χ1n) is 14.8. The van der Waals surface area contributed by atoms with E-state index in [-0.39, 0.29) is 42.8 Å². The van der Waals surface area contributed by atoms with Gasteiger partial charge in [0.15, 0.2) is 5.65 Å². The molecule has 1 unspecified atom stereocenters. The summed E-state index contributed by atoms with van der Waals surface area (Å²) >= 11 is 0. The number of amides is 2. The van der Waals surface area contributed by atoms with Gasteiger partial charge in [0.05, 0.1) is 29.8 Å². The number of ether oxygens (including phenoxy) is 2. The molecule has 2 aliphatic rings. The highest BCUT2D eigenvalue weighted by Crippen LogP contribution is 2.34. The molecule has 47 heavy (non-hydrogen) atoms. The van der Waals surface area contributed by atoms with Crippen molar-refractivity contribution in [1.82, 2.24) is 19.4 Å². The summed E-state index contributed by atoms with van der Waals surface area (Å²) in [5.74, 6) is 0.900. The van der Waals surface area contributed by atoms with Crippen molar-refractivity contribution in [3.05, 3.63) is 42.4 Å². The van der Waals surface area contributed by atoms with E-state index in [4.69, 9.17) is 24.3 Å². The maximum Gasteiger partial charge on any atom is 0.373 e. The van der Waals surface area contributed by atoms with E-state index in [1.165, 1.54) is 15.8 Å². The number of nitrogens with zero attached hydrogens (tertiary/aromatic N) is 7. The van der Waals surface area contributed by atoms with Crippen LogP contribution >= 0.6 is 0 Å². The van der Waals surface area contributed by atoms with Gasteiger partial charge in [0.25, 0.3) is 0 Å². The normalized spacial score (nSPS) is 23.9. The van der Waals surface area contributed by atoms with Crippen molar-refractivity contribution in [1.29, 1.82) is 5.26 Å². The highest BCUT2D eigenvalue weighted by Gasteiger charge is 2.39. The van der Waals surface area contributed by atoms with Gasteiger partial charge < -0.3 is 34.6 Å². The van der Waals surface area contributed by atoms with Gasteiger partial charge in [-0.05, 0) is 43.0 Å². The van der Waals surface area contributed by atoms with Crippen LogP contribution in [0, 0.1) is 24.2 Å². The van der Waals surface area contributed by atoms with Crippen LogP contribution in [0.4, 0.5) is 16.3 Å². The van der Waals surface area contributed by atoms with Crippen LogP contribution in [0.15, 0.2) is 36.8 Å². The van der Waals surface area contributed by atoms with Crippen molar-refractivity contribution in [3.8, 4) is 11.8 Å². The van der Waals surface area contributed by atoms with Crippen LogP contribution in [-0.2, 0) is 19.1 Å². The smallest absolute Gasteiger partial charge is 0.373 e. The van der Waals surface area contributed by atoms with Crippen LogP contribution in [0.5, 0.6) is 5.75 Å². The SMILES string of the molecule is Cc1ccc(O[C@@H]2OC[C@@H](O)[C@H](O)[C@H]2O)c(N(C)C(=O)n2ccc3c(N(C)C4CN(C(=O)CC#N)CC[C@H]4C)ncnc32)c1.O=C=O. The Kier molecular flexibility index (Phi) is 11.2. The second kappa shape index (κ2) is 15.1. The molecule has 0 radical (unpaired) electrons. The predicted molar refractivity (Wildman–Crippen MR) is 164 cm³/mol. The lowest BCUT2D eigenvalue weighted by Crippen LogP contribution is -2.54. The van der Waals surface area contributed by atoms with Gasteiger partial charge in [0.2, 0.25) is 12.2 Å². The molecule has 2 aliphatic heterocycles. The van der Waals surface area contributed by atoms with Crippen molar-refractivity contribution < 1.29 is 44.0 Å². The number of benzene rings is 1. The lowest BCUT2D eigenvalue weighted by molar-refractivity contribution is -0.241. The lowest BCUT2D eigenvalue weighted by atomic mass is 9.92. The van der Waals surface area contributed by atoms with Crippen LogP contribution in [0.1, 0.15) is 25.3 Å². The number of carbonyl (C=O) groups excluding carboxylic acids is 4. The van der Waals surface area contributed by atoms with Crippen molar-refractivity contribution in [2.75, 3.05) is 43.6 Å².